The summed E-state index contributed by atoms with van der Waals surface area (Å²) in [5, 5.41) is 7.12. The normalized spacial score (nSPS) is 15.3. The molecule has 23 heavy (non-hydrogen) atoms. The molecule has 3 heterocycles. The van der Waals surface area contributed by atoms with Crippen LogP contribution in [-0.4, -0.2) is 40.1 Å². The number of rotatable bonds is 6. The van der Waals surface area contributed by atoms with Crippen LogP contribution >= 0.6 is 0 Å². The second-order valence-electron chi connectivity index (χ2n) is 5.36. The molecule has 2 aromatic rings. The van der Waals surface area contributed by atoms with Crippen LogP contribution in [0.5, 0.6) is 0 Å². The first-order chi connectivity index (χ1) is 11.1. The van der Waals surface area contributed by atoms with E-state index in [4.69, 9.17) is 4.52 Å². The van der Waals surface area contributed by atoms with Gasteiger partial charge in [0.15, 0.2) is 0 Å². The van der Waals surface area contributed by atoms with Crippen molar-refractivity contribution in [1.82, 2.24) is 19.4 Å². The van der Waals surface area contributed by atoms with Gasteiger partial charge in [0, 0.05) is 37.5 Å². The van der Waals surface area contributed by atoms with E-state index in [9.17, 15) is 8.42 Å². The lowest BCUT2D eigenvalue weighted by Gasteiger charge is -2.25. The van der Waals surface area contributed by atoms with Gasteiger partial charge in [-0.05, 0) is 12.5 Å². The summed E-state index contributed by atoms with van der Waals surface area (Å²) in [6, 6.07) is 1.74. The number of hydrogen-bond donors (Lipinski definition) is 1. The molecule has 0 aromatic carbocycles. The van der Waals surface area contributed by atoms with Gasteiger partial charge in [0.25, 0.3) is 0 Å². The molecule has 2 aromatic heterocycles. The Morgan fingerprint density at radius 2 is 2.13 bits per heavy atom. The first kappa shape index (κ1) is 15.9. The molecule has 8 nitrogen and oxygen atoms in total. The van der Waals surface area contributed by atoms with Crippen LogP contribution in [0.15, 0.2) is 23.0 Å². The molecule has 1 aliphatic rings. The fraction of sp³-hybridized carbons (Fsp3) is 0.500. The van der Waals surface area contributed by atoms with Crippen molar-refractivity contribution in [1.29, 1.82) is 0 Å². The maximum Gasteiger partial charge on any atom is 0.222 e. The van der Waals surface area contributed by atoms with Crippen LogP contribution in [-0.2, 0) is 29.5 Å². The highest BCUT2D eigenvalue weighted by Gasteiger charge is 2.30. The number of sulfonamides is 1. The minimum atomic E-state index is -3.22. The van der Waals surface area contributed by atoms with E-state index in [0.29, 0.717) is 44.1 Å². The number of aromatic nitrogens is 3. The van der Waals surface area contributed by atoms with Gasteiger partial charge in [-0.15, -0.1) is 0 Å². The van der Waals surface area contributed by atoms with Gasteiger partial charge in [-0.2, -0.15) is 4.31 Å². The van der Waals surface area contributed by atoms with Crippen LogP contribution in [0.3, 0.4) is 0 Å². The molecule has 1 N–H and O–H groups in total. The van der Waals surface area contributed by atoms with E-state index in [2.05, 4.69) is 20.4 Å². The fourth-order valence-corrected chi connectivity index (χ4v) is 4.02. The molecule has 0 aliphatic carbocycles. The third-order valence-corrected chi connectivity index (χ3v) is 5.73. The molecule has 0 bridgehead atoms. The summed E-state index contributed by atoms with van der Waals surface area (Å²) >= 11 is 0. The molecular formula is C14H19N5O3S. The average Bonchev–Trinajstić information content (AvgIpc) is 2.96. The van der Waals surface area contributed by atoms with Crippen molar-refractivity contribution in [2.45, 2.75) is 32.9 Å². The minimum absolute atomic E-state index is 0.166. The predicted octanol–water partition coefficient (Wildman–Crippen LogP) is 1.17. The summed E-state index contributed by atoms with van der Waals surface area (Å²) in [5.41, 5.74) is 1.54. The molecule has 0 fully saturated rings. The number of nitrogens with one attached hydrogen (secondary N) is 1. The van der Waals surface area contributed by atoms with E-state index in [0.717, 1.165) is 11.3 Å². The van der Waals surface area contributed by atoms with Crippen molar-refractivity contribution in [2.24, 2.45) is 0 Å². The van der Waals surface area contributed by atoms with Gasteiger partial charge in [0.1, 0.15) is 11.5 Å². The van der Waals surface area contributed by atoms with Crippen molar-refractivity contribution >= 4 is 16.0 Å². The lowest BCUT2D eigenvalue weighted by molar-refractivity contribution is 0.330. The lowest BCUT2D eigenvalue weighted by Crippen LogP contribution is -2.37. The number of anilines is 1. The predicted molar refractivity (Wildman–Crippen MR) is 84.1 cm³/mol. The topological polar surface area (TPSA) is 101 Å². The molecule has 0 amide bonds. The van der Waals surface area contributed by atoms with Crippen molar-refractivity contribution < 1.29 is 12.9 Å². The average molecular weight is 337 g/mol. The molecule has 0 radical (unpaired) electrons. The van der Waals surface area contributed by atoms with E-state index >= 15 is 0 Å². The van der Waals surface area contributed by atoms with Crippen molar-refractivity contribution in [3.8, 4) is 0 Å². The summed E-state index contributed by atoms with van der Waals surface area (Å²) in [7, 11) is -3.22. The fourth-order valence-electron chi connectivity index (χ4n) is 2.56. The van der Waals surface area contributed by atoms with E-state index in [1.807, 2.05) is 6.92 Å². The summed E-state index contributed by atoms with van der Waals surface area (Å²) in [6.07, 6.45) is 4.45. The van der Waals surface area contributed by atoms with Crippen LogP contribution in [0.25, 0.3) is 0 Å². The smallest absolute Gasteiger partial charge is 0.222 e. The van der Waals surface area contributed by atoms with Gasteiger partial charge >= 0.3 is 0 Å². The van der Waals surface area contributed by atoms with E-state index in [1.54, 1.807) is 18.5 Å². The monoisotopic (exact) mass is 337 g/mol. The summed E-state index contributed by atoms with van der Waals surface area (Å²) in [5.74, 6) is 1.42. The molecule has 0 saturated carbocycles. The van der Waals surface area contributed by atoms with Gasteiger partial charge in [-0.25, -0.2) is 18.4 Å². The highest BCUT2D eigenvalue weighted by atomic mass is 32.2. The summed E-state index contributed by atoms with van der Waals surface area (Å²) in [6.45, 7) is 3.01. The van der Waals surface area contributed by atoms with Crippen LogP contribution < -0.4 is 5.32 Å². The SMILES string of the molecule is CCCS(=O)(=O)N1CCc2onc(CNc3ncccn3)c2C1. The molecule has 1 aliphatic heterocycles. The van der Waals surface area contributed by atoms with Gasteiger partial charge in [-0.3, -0.25) is 0 Å². The van der Waals surface area contributed by atoms with Crippen LogP contribution in [0.1, 0.15) is 30.4 Å². The van der Waals surface area contributed by atoms with Crippen molar-refractivity contribution in [3.63, 3.8) is 0 Å². The zero-order valence-electron chi connectivity index (χ0n) is 12.9. The standard InChI is InChI=1S/C14H19N5O3S/c1-2-8-23(20,21)19-7-4-13-11(10-19)12(18-22-13)9-17-14-15-5-3-6-16-14/h3,5-6H,2,4,7-10H2,1H3,(H,15,16,17). The first-order valence-electron chi connectivity index (χ1n) is 7.55. The van der Waals surface area contributed by atoms with Crippen molar-refractivity contribution in [3.05, 3.63) is 35.5 Å². The number of hydrogen-bond acceptors (Lipinski definition) is 7. The molecule has 124 valence electrons. The zero-order chi connectivity index (χ0) is 16.3. The summed E-state index contributed by atoms with van der Waals surface area (Å²) in [4.78, 5) is 8.16. The Morgan fingerprint density at radius 1 is 1.35 bits per heavy atom. The third-order valence-electron chi connectivity index (χ3n) is 3.71. The molecule has 0 saturated heterocycles. The zero-order valence-corrected chi connectivity index (χ0v) is 13.7. The highest BCUT2D eigenvalue weighted by molar-refractivity contribution is 7.89. The Hall–Kier alpha value is -2.00. The Morgan fingerprint density at radius 3 is 2.87 bits per heavy atom. The first-order valence-corrected chi connectivity index (χ1v) is 9.16. The largest absolute Gasteiger partial charge is 0.361 e. The molecule has 0 spiro atoms. The molecule has 0 unspecified atom stereocenters. The third kappa shape index (κ3) is 3.50. The Labute approximate surface area is 135 Å². The summed E-state index contributed by atoms with van der Waals surface area (Å²) < 4.78 is 31.4. The van der Waals surface area contributed by atoms with Gasteiger partial charge < -0.3 is 9.84 Å². The van der Waals surface area contributed by atoms with Gasteiger partial charge in [-0.1, -0.05) is 12.1 Å². The van der Waals surface area contributed by atoms with Gasteiger partial charge in [0.2, 0.25) is 16.0 Å². The van der Waals surface area contributed by atoms with E-state index in [-0.39, 0.29) is 5.75 Å². The molecule has 9 heteroatoms. The second kappa shape index (κ2) is 6.63. The number of nitrogens with zero attached hydrogens (tertiary/aromatic N) is 4. The van der Waals surface area contributed by atoms with Crippen LogP contribution in [0.2, 0.25) is 0 Å². The van der Waals surface area contributed by atoms with Crippen LogP contribution in [0, 0.1) is 0 Å². The Balaban J connectivity index is 1.73. The minimum Gasteiger partial charge on any atom is -0.361 e. The van der Waals surface area contributed by atoms with Crippen molar-refractivity contribution in [2.75, 3.05) is 17.6 Å². The maximum atomic E-state index is 12.2. The van der Waals surface area contributed by atoms with Crippen LogP contribution in [0.4, 0.5) is 5.95 Å². The highest BCUT2D eigenvalue weighted by Crippen LogP contribution is 2.25. The quantitative estimate of drug-likeness (QED) is 0.844. The van der Waals surface area contributed by atoms with E-state index < -0.39 is 10.0 Å². The van der Waals surface area contributed by atoms with E-state index in [1.165, 1.54) is 4.31 Å². The Kier molecular flexibility index (Phi) is 4.58. The molecule has 3 rings (SSSR count). The number of fused-ring (bicyclic) bond motifs is 1. The lowest BCUT2D eigenvalue weighted by atomic mass is 10.1. The second-order valence-corrected chi connectivity index (χ2v) is 7.44. The Bertz CT molecular complexity index is 760. The molecular weight excluding hydrogens is 318 g/mol. The molecule has 0 atom stereocenters. The maximum absolute atomic E-state index is 12.2. The van der Waals surface area contributed by atoms with Gasteiger partial charge in [0.05, 0.1) is 12.3 Å².